The van der Waals surface area contributed by atoms with Gasteiger partial charge in [0, 0.05) is 49.6 Å². The molecule has 3 aromatic rings. The minimum absolute atomic E-state index is 0.00259. The van der Waals surface area contributed by atoms with Crippen molar-refractivity contribution in [1.29, 1.82) is 0 Å². The Morgan fingerprint density at radius 1 is 1.03 bits per heavy atom. The van der Waals surface area contributed by atoms with Crippen molar-refractivity contribution in [2.75, 3.05) is 49.2 Å². The highest BCUT2D eigenvalue weighted by Gasteiger charge is 2.44. The number of H-pyrrole nitrogens is 1. The van der Waals surface area contributed by atoms with E-state index >= 15 is 0 Å². The van der Waals surface area contributed by atoms with Crippen LogP contribution in [0.15, 0.2) is 29.6 Å². The van der Waals surface area contributed by atoms with Crippen molar-refractivity contribution in [3.05, 3.63) is 46.4 Å². The number of rotatable bonds is 2. The third kappa shape index (κ3) is 2.72. The molecule has 3 aliphatic rings. The van der Waals surface area contributed by atoms with Gasteiger partial charge in [-0.1, -0.05) is 0 Å². The molecule has 0 aromatic carbocycles. The Morgan fingerprint density at radius 3 is 2.70 bits per heavy atom. The van der Waals surface area contributed by atoms with Gasteiger partial charge in [-0.15, -0.1) is 0 Å². The minimum atomic E-state index is -0.00259. The largest absolute Gasteiger partial charge is 0.378 e. The zero-order valence-electron chi connectivity index (χ0n) is 16.9. The highest BCUT2D eigenvalue weighted by Crippen LogP contribution is 2.45. The summed E-state index contributed by atoms with van der Waals surface area (Å²) >= 11 is 0. The molecular weight excluding hydrogens is 382 g/mol. The molecule has 1 N–H and O–H groups in total. The first-order valence-corrected chi connectivity index (χ1v) is 10.7. The third-order valence-electron chi connectivity index (χ3n) is 7.01. The fourth-order valence-electron chi connectivity index (χ4n) is 5.29. The van der Waals surface area contributed by atoms with Crippen LogP contribution in [0.2, 0.25) is 0 Å². The van der Waals surface area contributed by atoms with E-state index in [9.17, 15) is 4.79 Å². The number of fused-ring (bicyclic) bond motifs is 3. The Balaban J connectivity index is 1.30. The van der Waals surface area contributed by atoms with E-state index in [1.165, 1.54) is 0 Å². The minimum Gasteiger partial charge on any atom is -0.378 e. The summed E-state index contributed by atoms with van der Waals surface area (Å²) in [7, 11) is 0. The first-order valence-electron chi connectivity index (χ1n) is 10.7. The maximum Gasteiger partial charge on any atom is 0.255 e. The lowest BCUT2D eigenvalue weighted by Crippen LogP contribution is -2.43. The zero-order valence-corrected chi connectivity index (χ0v) is 16.9. The number of morpholine rings is 1. The summed E-state index contributed by atoms with van der Waals surface area (Å²) in [5.74, 6) is 1.78. The highest BCUT2D eigenvalue weighted by atomic mass is 16.5. The first-order chi connectivity index (χ1) is 14.7. The molecule has 0 unspecified atom stereocenters. The Kier molecular flexibility index (Phi) is 4.05. The van der Waals surface area contributed by atoms with Crippen LogP contribution in [-0.4, -0.2) is 63.7 Å². The first kappa shape index (κ1) is 17.9. The number of ether oxygens (including phenoxy) is 1. The summed E-state index contributed by atoms with van der Waals surface area (Å²) in [6, 6.07) is 0. The summed E-state index contributed by atoms with van der Waals surface area (Å²) in [5, 5.41) is 0. The number of aromatic amines is 1. The third-order valence-corrected chi connectivity index (χ3v) is 7.01. The molecule has 2 aliphatic heterocycles. The summed E-state index contributed by atoms with van der Waals surface area (Å²) in [6.07, 6.45) is 11.3. The lowest BCUT2D eigenvalue weighted by Gasteiger charge is -2.40. The molecular formula is C21H25N7O2. The predicted molar refractivity (Wildman–Crippen MR) is 112 cm³/mol. The molecule has 6 rings (SSSR count). The maximum atomic E-state index is 12.8. The molecule has 0 saturated carbocycles. The second-order valence-electron chi connectivity index (χ2n) is 8.50. The monoisotopic (exact) mass is 407 g/mol. The molecule has 2 saturated heterocycles. The van der Waals surface area contributed by atoms with Gasteiger partial charge in [-0.2, -0.15) is 0 Å². The van der Waals surface area contributed by atoms with E-state index in [1.54, 1.807) is 6.20 Å². The van der Waals surface area contributed by atoms with E-state index in [1.807, 2.05) is 18.6 Å². The van der Waals surface area contributed by atoms with Gasteiger partial charge in [0.05, 0.1) is 31.3 Å². The lowest BCUT2D eigenvalue weighted by molar-refractivity contribution is 0.122. The fourth-order valence-corrected chi connectivity index (χ4v) is 5.29. The number of hydrogen-bond donors (Lipinski definition) is 1. The van der Waals surface area contributed by atoms with Gasteiger partial charge in [-0.3, -0.25) is 19.2 Å². The van der Waals surface area contributed by atoms with Gasteiger partial charge in [-0.05, 0) is 25.7 Å². The molecule has 0 atom stereocenters. The molecule has 156 valence electrons. The van der Waals surface area contributed by atoms with Crippen molar-refractivity contribution in [2.24, 2.45) is 0 Å². The zero-order chi connectivity index (χ0) is 20.1. The van der Waals surface area contributed by atoms with Gasteiger partial charge in [0.25, 0.3) is 5.56 Å². The molecule has 30 heavy (non-hydrogen) atoms. The molecule has 9 heteroatoms. The second-order valence-corrected chi connectivity index (χ2v) is 8.50. The number of imidazole rings is 1. The summed E-state index contributed by atoms with van der Waals surface area (Å²) in [5.41, 5.74) is 2.82. The maximum absolute atomic E-state index is 12.8. The van der Waals surface area contributed by atoms with Gasteiger partial charge >= 0.3 is 0 Å². The lowest BCUT2D eigenvalue weighted by atomic mass is 9.76. The molecule has 2 fully saturated rings. The predicted octanol–water partition coefficient (Wildman–Crippen LogP) is 1.13. The Morgan fingerprint density at radius 2 is 1.87 bits per heavy atom. The Bertz CT molecular complexity index is 1140. The van der Waals surface area contributed by atoms with Crippen LogP contribution in [0.4, 0.5) is 11.8 Å². The van der Waals surface area contributed by atoms with Gasteiger partial charge in [0.2, 0.25) is 5.95 Å². The molecule has 1 aliphatic carbocycles. The standard InChI is InChI=1S/C21H25N7O2/c29-19-15-1-2-21(18(15)24-20(25-19)27-9-11-30-12-10-27)3-6-26(7-4-21)17-14-22-13-16-23-5-8-28(16)17/h5,8,13-14H,1-4,6-7,9-12H2,(H,24,25,29). The normalized spacial score (nSPS) is 20.8. The van der Waals surface area contributed by atoms with Crippen molar-refractivity contribution in [3.63, 3.8) is 0 Å². The van der Waals surface area contributed by atoms with Crippen molar-refractivity contribution in [2.45, 2.75) is 31.1 Å². The topological polar surface area (TPSA) is 91.6 Å². The average Bonchev–Trinajstić information content (AvgIpc) is 3.41. The molecule has 3 aromatic heterocycles. The molecule has 0 amide bonds. The quantitative estimate of drug-likeness (QED) is 0.681. The van der Waals surface area contributed by atoms with Gasteiger partial charge < -0.3 is 14.5 Å². The van der Waals surface area contributed by atoms with Crippen molar-refractivity contribution in [1.82, 2.24) is 24.3 Å². The van der Waals surface area contributed by atoms with Crippen molar-refractivity contribution < 1.29 is 4.74 Å². The van der Waals surface area contributed by atoms with Crippen LogP contribution in [0.1, 0.15) is 30.5 Å². The van der Waals surface area contributed by atoms with Crippen LogP contribution < -0.4 is 15.4 Å². The number of aromatic nitrogens is 5. The van der Waals surface area contributed by atoms with E-state index in [-0.39, 0.29) is 11.0 Å². The molecule has 0 bridgehead atoms. The Hall–Kier alpha value is -2.94. The van der Waals surface area contributed by atoms with E-state index in [2.05, 4.69) is 29.2 Å². The number of nitrogens with one attached hydrogen (secondary N) is 1. The number of piperidine rings is 1. The van der Waals surface area contributed by atoms with E-state index in [0.29, 0.717) is 19.2 Å². The summed E-state index contributed by atoms with van der Waals surface area (Å²) in [6.45, 7) is 4.72. The van der Waals surface area contributed by atoms with E-state index in [4.69, 9.17) is 9.72 Å². The summed E-state index contributed by atoms with van der Waals surface area (Å²) in [4.78, 5) is 34.1. The van der Waals surface area contributed by atoms with Gasteiger partial charge in [-0.25, -0.2) is 9.97 Å². The molecule has 0 radical (unpaired) electrons. The van der Waals surface area contributed by atoms with Crippen LogP contribution in [0.25, 0.3) is 5.65 Å². The number of anilines is 2. The Labute approximate surface area is 173 Å². The van der Waals surface area contributed by atoms with Crippen LogP contribution in [0.5, 0.6) is 0 Å². The highest BCUT2D eigenvalue weighted by molar-refractivity contribution is 5.50. The van der Waals surface area contributed by atoms with Crippen molar-refractivity contribution in [3.8, 4) is 0 Å². The SMILES string of the molecule is O=c1[nH]c(N2CCOCC2)nc2c1CCC21CCN(c2cncc3nccn23)CC1. The van der Waals surface area contributed by atoms with Crippen LogP contribution in [0.3, 0.4) is 0 Å². The van der Waals surface area contributed by atoms with E-state index < -0.39 is 0 Å². The number of hydrogen-bond acceptors (Lipinski definition) is 7. The van der Waals surface area contributed by atoms with Gasteiger partial charge in [0.1, 0.15) is 5.82 Å². The summed E-state index contributed by atoms with van der Waals surface area (Å²) < 4.78 is 7.54. The second kappa shape index (κ2) is 6.80. The van der Waals surface area contributed by atoms with Crippen LogP contribution in [-0.2, 0) is 16.6 Å². The number of nitrogens with zero attached hydrogens (tertiary/aromatic N) is 6. The fraction of sp³-hybridized carbons (Fsp3) is 0.524. The smallest absolute Gasteiger partial charge is 0.255 e. The van der Waals surface area contributed by atoms with Crippen molar-refractivity contribution >= 4 is 17.4 Å². The molecule has 1 spiro atoms. The average molecular weight is 407 g/mol. The van der Waals surface area contributed by atoms with E-state index in [0.717, 1.165) is 74.6 Å². The van der Waals surface area contributed by atoms with Gasteiger partial charge in [0.15, 0.2) is 5.65 Å². The molecule has 9 nitrogen and oxygen atoms in total. The van der Waals surface area contributed by atoms with Crippen LogP contribution in [0, 0.1) is 0 Å². The molecule has 5 heterocycles. The van der Waals surface area contributed by atoms with Crippen LogP contribution >= 0.6 is 0 Å².